The number of carbonyl (C=O) groups excluding carboxylic acids is 1. The first-order chi connectivity index (χ1) is 8.09. The smallest absolute Gasteiger partial charge is 0.254 e. The molecule has 1 aliphatic heterocycles. The summed E-state index contributed by atoms with van der Waals surface area (Å²) in [5.41, 5.74) is 0.363. The van der Waals surface area contributed by atoms with Gasteiger partial charge in [-0.05, 0) is 32.3 Å². The first kappa shape index (κ1) is 11.9. The van der Waals surface area contributed by atoms with Crippen LogP contribution >= 0.6 is 0 Å². The maximum Gasteiger partial charge on any atom is 0.254 e. The lowest BCUT2D eigenvalue weighted by Gasteiger charge is -2.33. The first-order valence-corrected chi connectivity index (χ1v) is 6.07. The number of hydrogen-bond donors (Lipinski definition) is 0. The highest BCUT2D eigenvalue weighted by atomic mass is 16.2. The molecule has 1 amide bonds. The van der Waals surface area contributed by atoms with Gasteiger partial charge in [0.05, 0.1) is 0 Å². The van der Waals surface area contributed by atoms with Gasteiger partial charge in [-0.1, -0.05) is 0 Å². The van der Waals surface area contributed by atoms with Gasteiger partial charge >= 0.3 is 0 Å². The van der Waals surface area contributed by atoms with Gasteiger partial charge in [0, 0.05) is 37.5 Å². The van der Waals surface area contributed by atoms with Crippen molar-refractivity contribution in [1.82, 2.24) is 9.47 Å². The minimum atomic E-state index is -0.138. The summed E-state index contributed by atoms with van der Waals surface area (Å²) in [6.45, 7) is 2.87. The Kier molecular flexibility index (Phi) is 3.31. The molecule has 4 nitrogen and oxygen atoms in total. The monoisotopic (exact) mass is 234 g/mol. The predicted octanol–water partition coefficient (Wildman–Crippen LogP) is 1.40. The van der Waals surface area contributed by atoms with Crippen LogP contribution in [0.1, 0.15) is 36.5 Å². The zero-order chi connectivity index (χ0) is 12.4. The zero-order valence-electron chi connectivity index (χ0n) is 10.3. The maximum atomic E-state index is 12.3. The lowest BCUT2D eigenvalue weighted by Crippen LogP contribution is -2.42. The maximum absolute atomic E-state index is 12.3. The number of likely N-dealkylation sites (tertiary alicyclic amines) is 1. The number of amides is 1. The molecule has 0 N–H and O–H groups in total. The quantitative estimate of drug-likeness (QED) is 0.737. The molecule has 1 fully saturated rings. The second kappa shape index (κ2) is 4.73. The van der Waals surface area contributed by atoms with E-state index in [1.165, 1.54) is 17.1 Å². The molecule has 0 spiro atoms. The normalized spacial score (nSPS) is 20.4. The van der Waals surface area contributed by atoms with Crippen LogP contribution < -0.4 is 5.56 Å². The molecule has 92 valence electrons. The van der Waals surface area contributed by atoms with E-state index >= 15 is 0 Å². The fraction of sp³-hybridized carbons (Fsp3) is 0.538. The average molecular weight is 234 g/mol. The summed E-state index contributed by atoms with van der Waals surface area (Å²) in [5.74, 6) is -0.0186. The van der Waals surface area contributed by atoms with Crippen LogP contribution in [-0.4, -0.2) is 28.0 Å². The summed E-state index contributed by atoms with van der Waals surface area (Å²) in [4.78, 5) is 25.6. The summed E-state index contributed by atoms with van der Waals surface area (Å²) < 4.78 is 1.47. The van der Waals surface area contributed by atoms with Crippen LogP contribution in [0.3, 0.4) is 0 Å². The Bertz CT molecular complexity index is 479. The van der Waals surface area contributed by atoms with E-state index in [0.717, 1.165) is 19.4 Å². The second-order valence-corrected chi connectivity index (χ2v) is 4.71. The average Bonchev–Trinajstić information content (AvgIpc) is 2.32. The highest BCUT2D eigenvalue weighted by Crippen LogP contribution is 2.18. The summed E-state index contributed by atoms with van der Waals surface area (Å²) in [7, 11) is 1.68. The van der Waals surface area contributed by atoms with Crippen molar-refractivity contribution < 1.29 is 4.79 Å². The molecule has 0 aromatic carbocycles. The molecule has 1 unspecified atom stereocenters. The number of piperidine rings is 1. The number of hydrogen-bond acceptors (Lipinski definition) is 2. The molecule has 0 saturated carbocycles. The predicted molar refractivity (Wildman–Crippen MR) is 66.0 cm³/mol. The molecular formula is C13H18N2O2. The Hall–Kier alpha value is -1.58. The molecule has 2 heterocycles. The third-order valence-corrected chi connectivity index (χ3v) is 3.42. The standard InChI is InChI=1S/C13H18N2O2/c1-10-5-3-4-7-15(10)13(17)11-6-8-14(2)12(16)9-11/h6,8-10H,3-5,7H2,1-2H3. The van der Waals surface area contributed by atoms with Crippen LogP contribution in [0.2, 0.25) is 0 Å². The number of carbonyl (C=O) groups is 1. The van der Waals surface area contributed by atoms with Gasteiger partial charge in [0.1, 0.15) is 0 Å². The Labute approximate surface area is 101 Å². The lowest BCUT2D eigenvalue weighted by atomic mass is 10.0. The van der Waals surface area contributed by atoms with Crippen LogP contribution in [0.15, 0.2) is 23.1 Å². The molecule has 1 aliphatic rings. The Balaban J connectivity index is 2.24. The van der Waals surface area contributed by atoms with E-state index in [4.69, 9.17) is 0 Å². The van der Waals surface area contributed by atoms with Crippen molar-refractivity contribution in [2.24, 2.45) is 7.05 Å². The minimum Gasteiger partial charge on any atom is -0.336 e. The topological polar surface area (TPSA) is 42.3 Å². The molecule has 4 heteroatoms. The van der Waals surface area contributed by atoms with Crippen molar-refractivity contribution in [3.05, 3.63) is 34.2 Å². The molecule has 17 heavy (non-hydrogen) atoms. The third kappa shape index (κ3) is 2.40. The molecule has 0 radical (unpaired) electrons. The highest BCUT2D eigenvalue weighted by molar-refractivity contribution is 5.94. The van der Waals surface area contributed by atoms with E-state index in [1.54, 1.807) is 19.3 Å². The van der Waals surface area contributed by atoms with Crippen LogP contribution in [0.4, 0.5) is 0 Å². The van der Waals surface area contributed by atoms with Crippen molar-refractivity contribution >= 4 is 5.91 Å². The van der Waals surface area contributed by atoms with Crippen LogP contribution in [0.25, 0.3) is 0 Å². The van der Waals surface area contributed by atoms with Gasteiger partial charge in [-0.15, -0.1) is 0 Å². The molecule has 0 aliphatic carbocycles. The van der Waals surface area contributed by atoms with Crippen LogP contribution in [0.5, 0.6) is 0 Å². The second-order valence-electron chi connectivity index (χ2n) is 4.71. The fourth-order valence-electron chi connectivity index (χ4n) is 2.25. The van der Waals surface area contributed by atoms with Crippen molar-refractivity contribution in [3.8, 4) is 0 Å². The van der Waals surface area contributed by atoms with E-state index in [0.29, 0.717) is 5.56 Å². The van der Waals surface area contributed by atoms with E-state index in [2.05, 4.69) is 6.92 Å². The van der Waals surface area contributed by atoms with E-state index in [1.807, 2.05) is 4.90 Å². The third-order valence-electron chi connectivity index (χ3n) is 3.42. The molecular weight excluding hydrogens is 216 g/mol. The molecule has 2 rings (SSSR count). The van der Waals surface area contributed by atoms with Crippen molar-refractivity contribution in [2.75, 3.05) is 6.54 Å². The highest BCUT2D eigenvalue weighted by Gasteiger charge is 2.24. The summed E-state index contributed by atoms with van der Waals surface area (Å²) >= 11 is 0. The van der Waals surface area contributed by atoms with E-state index in [9.17, 15) is 9.59 Å². The lowest BCUT2D eigenvalue weighted by molar-refractivity contribution is 0.0635. The minimum absolute atomic E-state index is 0.0186. The van der Waals surface area contributed by atoms with Crippen LogP contribution in [0, 0.1) is 0 Å². The number of aryl methyl sites for hydroxylation is 1. The van der Waals surface area contributed by atoms with Gasteiger partial charge in [-0.3, -0.25) is 9.59 Å². The van der Waals surface area contributed by atoms with Crippen molar-refractivity contribution in [2.45, 2.75) is 32.2 Å². The number of aromatic nitrogens is 1. The summed E-state index contributed by atoms with van der Waals surface area (Å²) in [5, 5.41) is 0. The Morgan fingerprint density at radius 2 is 2.18 bits per heavy atom. The van der Waals surface area contributed by atoms with Crippen molar-refractivity contribution in [3.63, 3.8) is 0 Å². The number of nitrogens with zero attached hydrogens (tertiary/aromatic N) is 2. The van der Waals surface area contributed by atoms with Gasteiger partial charge in [0.25, 0.3) is 11.5 Å². The van der Waals surface area contributed by atoms with Gasteiger partial charge in [0.15, 0.2) is 0 Å². The van der Waals surface area contributed by atoms with Crippen LogP contribution in [-0.2, 0) is 7.05 Å². The number of pyridine rings is 1. The number of rotatable bonds is 1. The van der Waals surface area contributed by atoms with E-state index < -0.39 is 0 Å². The van der Waals surface area contributed by atoms with Crippen molar-refractivity contribution in [1.29, 1.82) is 0 Å². The largest absolute Gasteiger partial charge is 0.336 e. The van der Waals surface area contributed by atoms with Gasteiger partial charge < -0.3 is 9.47 Å². The first-order valence-electron chi connectivity index (χ1n) is 6.07. The van der Waals surface area contributed by atoms with Gasteiger partial charge in [-0.25, -0.2) is 0 Å². The van der Waals surface area contributed by atoms with Gasteiger partial charge in [0.2, 0.25) is 0 Å². The summed E-state index contributed by atoms with van der Waals surface area (Å²) in [6.07, 6.45) is 4.93. The Morgan fingerprint density at radius 1 is 1.41 bits per heavy atom. The molecule has 1 saturated heterocycles. The van der Waals surface area contributed by atoms with Gasteiger partial charge in [-0.2, -0.15) is 0 Å². The Morgan fingerprint density at radius 3 is 2.82 bits per heavy atom. The molecule has 1 aromatic heterocycles. The fourth-order valence-corrected chi connectivity index (χ4v) is 2.25. The summed E-state index contributed by atoms with van der Waals surface area (Å²) in [6, 6.07) is 3.41. The molecule has 1 aromatic rings. The van der Waals surface area contributed by atoms with E-state index in [-0.39, 0.29) is 17.5 Å². The molecule has 0 bridgehead atoms. The molecule has 1 atom stereocenters. The SMILES string of the molecule is CC1CCCCN1C(=O)c1ccn(C)c(=O)c1. The zero-order valence-corrected chi connectivity index (χ0v) is 10.3.